The quantitative estimate of drug-likeness (QED) is 0.715. The number of nitrogens with one attached hydrogen (secondary N) is 1. The van der Waals surface area contributed by atoms with E-state index in [1.165, 1.54) is 30.3 Å². The van der Waals surface area contributed by atoms with Crippen molar-refractivity contribution in [2.45, 2.75) is 25.0 Å². The molecule has 1 amide bonds. The Morgan fingerprint density at radius 1 is 1.12 bits per heavy atom. The molecule has 5 nitrogen and oxygen atoms in total. The van der Waals surface area contributed by atoms with Gasteiger partial charge in [0.25, 0.3) is 5.91 Å². The molecule has 1 N–H and O–H groups in total. The number of carbonyl (C=O) groups is 1. The minimum Gasteiger partial charge on any atom is -0.476 e. The van der Waals surface area contributed by atoms with Crippen LogP contribution >= 0.6 is 0 Å². The van der Waals surface area contributed by atoms with E-state index in [0.29, 0.717) is 16.9 Å². The molecule has 4 rings (SSSR count). The fourth-order valence-electron chi connectivity index (χ4n) is 2.67. The molecule has 132 valence electrons. The third kappa shape index (κ3) is 3.59. The van der Waals surface area contributed by atoms with Crippen molar-refractivity contribution in [3.05, 3.63) is 76.4 Å². The third-order valence-electron chi connectivity index (χ3n) is 4.18. The predicted molar refractivity (Wildman–Crippen MR) is 93.4 cm³/mol. The Hall–Kier alpha value is -3.15. The Kier molecular flexibility index (Phi) is 4.16. The lowest BCUT2D eigenvalue weighted by Crippen LogP contribution is -2.33. The second-order valence-corrected chi connectivity index (χ2v) is 6.29. The zero-order chi connectivity index (χ0) is 18.1. The Labute approximate surface area is 148 Å². The lowest BCUT2D eigenvalue weighted by molar-refractivity contribution is -0.128. The first-order chi connectivity index (χ1) is 12.6. The smallest absolute Gasteiger partial charge is 0.336 e. The summed E-state index contributed by atoms with van der Waals surface area (Å²) in [5, 5.41) is 3.65. The molecule has 3 aromatic rings. The molecule has 1 aromatic heterocycles. The lowest BCUT2D eigenvalue weighted by atomic mass is 10.1. The molecule has 1 aliphatic rings. The van der Waals surface area contributed by atoms with Crippen LogP contribution in [0.2, 0.25) is 0 Å². The summed E-state index contributed by atoms with van der Waals surface area (Å²) in [5.41, 5.74) is 0.450. The maximum atomic E-state index is 13.2. The van der Waals surface area contributed by atoms with Crippen molar-refractivity contribution in [3.8, 4) is 5.75 Å². The molecule has 1 heterocycles. The van der Waals surface area contributed by atoms with E-state index in [4.69, 9.17) is 9.15 Å². The van der Waals surface area contributed by atoms with Crippen molar-refractivity contribution < 1.29 is 18.3 Å². The lowest BCUT2D eigenvalue weighted by Gasteiger charge is -2.19. The number of carbonyl (C=O) groups excluding carboxylic acids is 1. The van der Waals surface area contributed by atoms with Gasteiger partial charge >= 0.3 is 5.63 Å². The number of benzene rings is 2. The van der Waals surface area contributed by atoms with Crippen molar-refractivity contribution in [2.24, 2.45) is 0 Å². The molecule has 0 radical (unpaired) electrons. The third-order valence-corrected chi connectivity index (χ3v) is 4.18. The largest absolute Gasteiger partial charge is 0.476 e. The monoisotopic (exact) mass is 353 g/mol. The normalized spacial score (nSPS) is 14.8. The van der Waals surface area contributed by atoms with Crippen LogP contribution in [0.4, 0.5) is 4.39 Å². The van der Waals surface area contributed by atoms with Gasteiger partial charge in [-0.1, -0.05) is 12.1 Å². The molecule has 26 heavy (non-hydrogen) atoms. The van der Waals surface area contributed by atoms with E-state index in [1.54, 1.807) is 24.3 Å². The maximum absolute atomic E-state index is 13.2. The first kappa shape index (κ1) is 16.3. The number of halogens is 1. The van der Waals surface area contributed by atoms with Crippen LogP contribution in [0.25, 0.3) is 11.0 Å². The Morgan fingerprint density at radius 3 is 2.58 bits per heavy atom. The van der Waals surface area contributed by atoms with Crippen LogP contribution in [0, 0.1) is 5.82 Å². The van der Waals surface area contributed by atoms with E-state index in [-0.39, 0.29) is 17.8 Å². The van der Waals surface area contributed by atoms with Crippen LogP contribution in [-0.2, 0) is 4.79 Å². The standard InChI is InChI=1S/C20H16FNO4/c21-14-5-1-13(2-6-14)19(20(24)22-15-7-8-15)25-16-9-3-12-4-10-18(23)26-17(12)11-16/h1-6,9-11,15,19H,7-8H2,(H,22,24). The number of amides is 1. The Bertz CT molecular complexity index is 1010. The summed E-state index contributed by atoms with van der Waals surface area (Å²) in [7, 11) is 0. The highest BCUT2D eigenvalue weighted by Gasteiger charge is 2.29. The van der Waals surface area contributed by atoms with E-state index in [2.05, 4.69) is 5.32 Å². The fraction of sp³-hybridized carbons (Fsp3) is 0.200. The van der Waals surface area contributed by atoms with Gasteiger partial charge in [-0.15, -0.1) is 0 Å². The van der Waals surface area contributed by atoms with Gasteiger partial charge in [0.05, 0.1) is 0 Å². The molecule has 0 aliphatic heterocycles. The summed E-state index contributed by atoms with van der Waals surface area (Å²) in [6.45, 7) is 0. The maximum Gasteiger partial charge on any atom is 0.336 e. The molecule has 1 unspecified atom stereocenters. The summed E-state index contributed by atoms with van der Waals surface area (Å²) < 4.78 is 24.3. The minimum atomic E-state index is -0.927. The van der Waals surface area contributed by atoms with Crippen molar-refractivity contribution in [2.75, 3.05) is 0 Å². The molecule has 0 bridgehead atoms. The average Bonchev–Trinajstić information content (AvgIpc) is 3.44. The molecule has 0 saturated heterocycles. The number of fused-ring (bicyclic) bond motifs is 1. The average molecular weight is 353 g/mol. The molecular formula is C20H16FNO4. The van der Waals surface area contributed by atoms with E-state index in [9.17, 15) is 14.0 Å². The van der Waals surface area contributed by atoms with Gasteiger partial charge in [-0.25, -0.2) is 9.18 Å². The minimum absolute atomic E-state index is 0.170. The van der Waals surface area contributed by atoms with Crippen LogP contribution in [0.15, 0.2) is 63.8 Å². The van der Waals surface area contributed by atoms with Gasteiger partial charge in [0.1, 0.15) is 17.1 Å². The van der Waals surface area contributed by atoms with Gasteiger partial charge in [0.2, 0.25) is 6.10 Å². The Morgan fingerprint density at radius 2 is 1.85 bits per heavy atom. The first-order valence-corrected chi connectivity index (χ1v) is 8.35. The molecule has 6 heteroatoms. The van der Waals surface area contributed by atoms with Crippen LogP contribution in [0.3, 0.4) is 0 Å². The van der Waals surface area contributed by atoms with Gasteiger partial charge in [0.15, 0.2) is 0 Å². The van der Waals surface area contributed by atoms with E-state index in [1.807, 2.05) is 0 Å². The van der Waals surface area contributed by atoms with Gasteiger partial charge in [-0.3, -0.25) is 4.79 Å². The molecular weight excluding hydrogens is 337 g/mol. The number of hydrogen-bond acceptors (Lipinski definition) is 4. The molecule has 1 aliphatic carbocycles. The molecule has 1 saturated carbocycles. The highest BCUT2D eigenvalue weighted by molar-refractivity contribution is 5.83. The first-order valence-electron chi connectivity index (χ1n) is 8.35. The Balaban J connectivity index is 1.65. The second kappa shape index (κ2) is 6.63. The van der Waals surface area contributed by atoms with Crippen LogP contribution in [-0.4, -0.2) is 11.9 Å². The van der Waals surface area contributed by atoms with E-state index < -0.39 is 11.7 Å². The second-order valence-electron chi connectivity index (χ2n) is 6.29. The molecule has 1 atom stereocenters. The highest BCUT2D eigenvalue weighted by Crippen LogP contribution is 2.27. The summed E-state index contributed by atoms with van der Waals surface area (Å²) in [5.74, 6) is -0.288. The molecule has 2 aromatic carbocycles. The molecule has 0 spiro atoms. The fourth-order valence-corrected chi connectivity index (χ4v) is 2.67. The summed E-state index contributed by atoms with van der Waals surface area (Å²) in [4.78, 5) is 24.0. The van der Waals surface area contributed by atoms with Crippen molar-refractivity contribution in [3.63, 3.8) is 0 Å². The summed E-state index contributed by atoms with van der Waals surface area (Å²) >= 11 is 0. The van der Waals surface area contributed by atoms with Crippen molar-refractivity contribution in [1.29, 1.82) is 0 Å². The number of hydrogen-bond donors (Lipinski definition) is 1. The van der Waals surface area contributed by atoms with Crippen LogP contribution in [0.5, 0.6) is 5.75 Å². The summed E-state index contributed by atoms with van der Waals surface area (Å²) in [6, 6.07) is 13.8. The number of rotatable bonds is 5. The predicted octanol–water partition coefficient (Wildman–Crippen LogP) is 3.33. The van der Waals surface area contributed by atoms with Gasteiger partial charge in [-0.05, 0) is 43.2 Å². The van der Waals surface area contributed by atoms with Crippen LogP contribution in [0.1, 0.15) is 24.5 Å². The molecule has 1 fully saturated rings. The zero-order valence-electron chi connectivity index (χ0n) is 13.8. The van der Waals surface area contributed by atoms with Crippen LogP contribution < -0.4 is 15.7 Å². The number of ether oxygens (including phenoxy) is 1. The van der Waals surface area contributed by atoms with E-state index in [0.717, 1.165) is 18.2 Å². The van der Waals surface area contributed by atoms with Crippen molar-refractivity contribution >= 4 is 16.9 Å². The van der Waals surface area contributed by atoms with Gasteiger partial charge in [0, 0.05) is 29.1 Å². The van der Waals surface area contributed by atoms with E-state index >= 15 is 0 Å². The van der Waals surface area contributed by atoms with Crippen molar-refractivity contribution in [1.82, 2.24) is 5.32 Å². The highest BCUT2D eigenvalue weighted by atomic mass is 19.1. The SMILES string of the molecule is O=C(NC1CC1)C(Oc1ccc2ccc(=O)oc2c1)c1ccc(F)cc1. The summed E-state index contributed by atoms with van der Waals surface area (Å²) in [6.07, 6.45) is 0.968. The van der Waals surface area contributed by atoms with Gasteiger partial charge < -0.3 is 14.5 Å². The van der Waals surface area contributed by atoms with Gasteiger partial charge in [-0.2, -0.15) is 0 Å². The zero-order valence-corrected chi connectivity index (χ0v) is 13.8. The topological polar surface area (TPSA) is 68.5 Å².